The SMILES string of the molecule is Nc1nc(Cl)nc(Nc2cc(S(=O)(=O)[O-])cc3cc(S(=O)(=O)[O-])c(N=Nc4cc(S(=O)(=O)[O-])c5cccc(S(=O)(=O)[O-])c5c4O)c(O)c23)n1.[Cu].[H+].[H+].[H+].[H+]. The van der Waals surface area contributed by atoms with Gasteiger partial charge in [0.2, 0.25) is 17.2 Å². The average Bonchev–Trinajstić information content (AvgIpc) is 2.94. The number of phenols is 2. The predicted molar refractivity (Wildman–Crippen MR) is 164 cm³/mol. The van der Waals surface area contributed by atoms with E-state index >= 15 is 0 Å². The maximum Gasteiger partial charge on any atom is 1.00 e. The number of hydrogen-bond acceptors (Lipinski definition) is 21. The summed E-state index contributed by atoms with van der Waals surface area (Å²) in [4.78, 5) is 6.05. The topological polar surface area (TPSA) is 371 Å². The van der Waals surface area contributed by atoms with Crippen molar-refractivity contribution in [3.8, 4) is 11.5 Å². The van der Waals surface area contributed by atoms with Crippen LogP contribution in [0.1, 0.15) is 5.71 Å². The number of halogens is 1. The summed E-state index contributed by atoms with van der Waals surface area (Å²) in [6, 6.07) is 4.51. The van der Waals surface area contributed by atoms with Crippen LogP contribution in [0.2, 0.25) is 5.28 Å². The summed E-state index contributed by atoms with van der Waals surface area (Å²) >= 11 is 5.75. The van der Waals surface area contributed by atoms with Gasteiger partial charge in [-0.1, -0.05) is 12.1 Å². The molecule has 0 aliphatic heterocycles. The van der Waals surface area contributed by atoms with Gasteiger partial charge >= 0.3 is 5.71 Å². The van der Waals surface area contributed by atoms with Gasteiger partial charge in [0.25, 0.3) is 0 Å². The van der Waals surface area contributed by atoms with E-state index in [1.54, 1.807) is 0 Å². The molecule has 0 aliphatic carbocycles. The van der Waals surface area contributed by atoms with Crippen LogP contribution in [0, 0.1) is 0 Å². The summed E-state index contributed by atoms with van der Waals surface area (Å²) in [5.41, 5.74) is 2.64. The number of hydrogen-bond donors (Lipinski definition) is 4. The third-order valence-electron chi connectivity index (χ3n) is 6.39. The summed E-state index contributed by atoms with van der Waals surface area (Å²) in [7, 11) is -22.0. The largest absolute Gasteiger partial charge is 1.00 e. The average molecular weight is 842 g/mol. The van der Waals surface area contributed by atoms with Crippen molar-refractivity contribution in [1.82, 2.24) is 15.0 Å². The Bertz CT molecular complexity index is 2750. The fraction of sp³-hybridized carbons (Fsp3) is 0. The quantitative estimate of drug-likeness (QED) is 0.0986. The molecule has 21 nitrogen and oxygen atoms in total. The molecule has 27 heteroatoms. The molecule has 0 unspecified atom stereocenters. The van der Waals surface area contributed by atoms with Crippen molar-refractivity contribution in [2.45, 2.75) is 19.6 Å². The number of aromatic hydroxyl groups is 2. The van der Waals surface area contributed by atoms with E-state index in [4.69, 9.17) is 17.3 Å². The minimum Gasteiger partial charge on any atom is -0.744 e. The third kappa shape index (κ3) is 7.54. The van der Waals surface area contributed by atoms with Gasteiger partial charge in [0.15, 0.2) is 11.5 Å². The molecule has 0 spiro atoms. The predicted octanol–water partition coefficient (Wildman–Crippen LogP) is 2.05. The smallest absolute Gasteiger partial charge is 0.744 e. The molecule has 5 aromatic rings. The molecule has 0 amide bonds. The van der Waals surface area contributed by atoms with Crippen LogP contribution in [0.5, 0.6) is 11.5 Å². The van der Waals surface area contributed by atoms with E-state index in [1.807, 2.05) is 0 Å². The molecule has 1 heterocycles. The number of benzene rings is 4. The Hall–Kier alpha value is -4.34. The van der Waals surface area contributed by atoms with Gasteiger partial charge in [-0.25, -0.2) is 33.7 Å². The van der Waals surface area contributed by atoms with Crippen LogP contribution in [-0.4, -0.2) is 77.0 Å². The summed E-state index contributed by atoms with van der Waals surface area (Å²) in [5, 5.41) is 28.0. The van der Waals surface area contributed by atoms with Gasteiger partial charge in [-0.2, -0.15) is 15.0 Å². The molecule has 269 valence electrons. The first-order chi connectivity index (χ1) is 22.5. The second kappa shape index (κ2) is 13.1. The van der Waals surface area contributed by atoms with Gasteiger partial charge in [0.05, 0.1) is 25.3 Å². The molecular weight excluding hydrogens is 826 g/mol. The zero-order valence-corrected chi connectivity index (χ0v) is 28.4. The number of fused-ring (bicyclic) bond motifs is 2. The number of azo groups is 1. The molecule has 0 saturated heterocycles. The van der Waals surface area contributed by atoms with Crippen molar-refractivity contribution in [3.05, 3.63) is 47.7 Å². The molecule has 0 saturated carbocycles. The van der Waals surface area contributed by atoms with Crippen molar-refractivity contribution < 1.29 is 84.9 Å². The van der Waals surface area contributed by atoms with E-state index in [-0.39, 0.29) is 22.8 Å². The number of aromatic nitrogens is 3. The van der Waals surface area contributed by atoms with Crippen molar-refractivity contribution in [1.29, 1.82) is 0 Å². The first-order valence-corrected chi connectivity index (χ1v) is 18.3. The van der Waals surface area contributed by atoms with Gasteiger partial charge in [-0.05, 0) is 47.3 Å². The second-order valence-electron chi connectivity index (χ2n) is 9.49. The Morgan fingerprint density at radius 2 is 1.36 bits per heavy atom. The number of nitrogens with two attached hydrogens (primary N) is 1. The van der Waals surface area contributed by atoms with Crippen LogP contribution in [0.25, 0.3) is 21.5 Å². The third-order valence-corrected chi connectivity index (χ3v) is 9.98. The molecule has 0 fully saturated rings. The van der Waals surface area contributed by atoms with Crippen LogP contribution in [0.4, 0.5) is 29.0 Å². The van der Waals surface area contributed by atoms with E-state index in [1.165, 1.54) is 0 Å². The maximum absolute atomic E-state index is 12.3. The Morgan fingerprint density at radius 3 is 1.92 bits per heavy atom. The Kier molecular flexibility index (Phi) is 10.1. The molecule has 4 aromatic carbocycles. The molecule has 1 radical (unpaired) electrons. The van der Waals surface area contributed by atoms with Gasteiger partial charge in [0.1, 0.15) is 51.8 Å². The number of nitrogens with zero attached hydrogens (tertiary/aromatic N) is 5. The van der Waals surface area contributed by atoms with Crippen molar-refractivity contribution in [3.63, 3.8) is 0 Å². The van der Waals surface area contributed by atoms with Crippen LogP contribution < -0.4 is 11.1 Å². The molecule has 1 aromatic heterocycles. The monoisotopic (exact) mass is 840 g/mol. The number of nitrogen functional groups attached to an aromatic ring is 1. The number of anilines is 3. The summed E-state index contributed by atoms with van der Waals surface area (Å²) in [6.45, 7) is 0. The van der Waals surface area contributed by atoms with Crippen molar-refractivity contribution >= 4 is 103 Å². The molecular formula is C23H16ClCuN7O14S4. The van der Waals surface area contributed by atoms with Crippen LogP contribution >= 0.6 is 11.6 Å². The Morgan fingerprint density at radius 1 is 0.740 bits per heavy atom. The summed E-state index contributed by atoms with van der Waals surface area (Å²) in [6.07, 6.45) is 0. The molecule has 0 aliphatic rings. The van der Waals surface area contributed by atoms with E-state index in [0.717, 1.165) is 12.1 Å². The standard InChI is InChI=1S/C23H16ClN7O14S4.Cu/c24-21-27-22(25)29-23(28-21)26-11-6-9(46(34,35)36)4-8-5-15(49(43,44)45)18(20(33)16(8)11)31-30-12-7-14(48(40,41)42)10-2-1-3-13(47(37,38)39)17(10)19(12)32;/h1-7,32-33H,(H,34,35,36)(H,37,38,39)(H,40,41,42)(H,43,44,45)(H3,25,26,27,28,29);. The fourth-order valence-corrected chi connectivity index (χ4v) is 7.25. The maximum atomic E-state index is 12.3. The van der Waals surface area contributed by atoms with Gasteiger partial charge in [-0.15, -0.1) is 10.2 Å². The van der Waals surface area contributed by atoms with Crippen molar-refractivity contribution in [2.24, 2.45) is 10.2 Å². The van der Waals surface area contributed by atoms with Crippen molar-refractivity contribution in [2.75, 3.05) is 11.1 Å². The first-order valence-electron chi connectivity index (χ1n) is 12.3. The van der Waals surface area contributed by atoms with Gasteiger partial charge in [0, 0.05) is 33.2 Å². The van der Waals surface area contributed by atoms with Gasteiger partial charge in [-0.3, -0.25) is 0 Å². The molecule has 5 N–H and O–H groups in total. The van der Waals surface area contributed by atoms with E-state index in [0.29, 0.717) is 30.3 Å². The molecule has 50 heavy (non-hydrogen) atoms. The first kappa shape index (κ1) is 38.5. The van der Waals surface area contributed by atoms with Gasteiger partial charge < -0.3 is 39.5 Å². The van der Waals surface area contributed by atoms with E-state index in [2.05, 4.69) is 30.5 Å². The van der Waals surface area contributed by atoms with E-state index in [9.17, 15) is 62.1 Å². The van der Waals surface area contributed by atoms with Crippen LogP contribution in [0.3, 0.4) is 0 Å². The number of phenolic OH excluding ortho intramolecular Hbond substituents is 2. The van der Waals surface area contributed by atoms with Crippen LogP contribution in [-0.2, 0) is 57.5 Å². The minimum atomic E-state index is -5.69. The normalized spacial score (nSPS) is 12.7. The molecule has 5 rings (SSSR count). The zero-order chi connectivity index (χ0) is 36.4. The number of nitrogens with one attached hydrogen (secondary N) is 1. The van der Waals surface area contributed by atoms with Crippen LogP contribution in [0.15, 0.2) is 72.3 Å². The second-order valence-corrected chi connectivity index (χ2v) is 15.3. The number of rotatable bonds is 8. The van der Waals surface area contributed by atoms with E-state index < -0.39 is 127 Å². The Balaban J connectivity index is 0.00000562. The molecule has 0 atom stereocenters. The minimum absolute atomic E-state index is 0. The summed E-state index contributed by atoms with van der Waals surface area (Å²) < 4.78 is 144. The summed E-state index contributed by atoms with van der Waals surface area (Å²) in [5.74, 6) is -3.50. The zero-order valence-electron chi connectivity index (χ0n) is 27.5. The molecule has 0 bridgehead atoms. The Labute approximate surface area is 301 Å². The fourth-order valence-electron chi connectivity index (χ4n) is 4.51.